The molecule has 0 saturated heterocycles. The minimum atomic E-state index is -0.290. The van der Waals surface area contributed by atoms with Gasteiger partial charge in [0.05, 0.1) is 0 Å². The summed E-state index contributed by atoms with van der Waals surface area (Å²) < 4.78 is 5.36. The Labute approximate surface area is 76.7 Å². The fourth-order valence-corrected chi connectivity index (χ4v) is 1.51. The Morgan fingerprint density at radius 2 is 2.46 bits per heavy atom. The van der Waals surface area contributed by atoms with E-state index in [-0.39, 0.29) is 6.10 Å². The van der Waals surface area contributed by atoms with Gasteiger partial charge in [-0.2, -0.15) is 0 Å². The Kier molecular flexibility index (Phi) is 1.93. The molecule has 0 aliphatic carbocycles. The van der Waals surface area contributed by atoms with Crippen LogP contribution in [0.5, 0.6) is 5.75 Å². The maximum absolute atomic E-state index is 10.5. The molecule has 1 aromatic rings. The monoisotopic (exact) mass is 177 g/mol. The molecule has 0 radical (unpaired) electrons. The molecule has 0 bridgehead atoms. The van der Waals surface area contributed by atoms with Crippen LogP contribution in [-0.2, 0) is 11.2 Å². The molecule has 1 atom stereocenters. The van der Waals surface area contributed by atoms with Crippen molar-refractivity contribution in [1.29, 1.82) is 0 Å². The summed E-state index contributed by atoms with van der Waals surface area (Å²) in [6.45, 7) is 0. The normalized spacial score (nSPS) is 19.0. The Balaban J connectivity index is 2.30. The van der Waals surface area contributed by atoms with Crippen LogP contribution in [0.2, 0.25) is 0 Å². The van der Waals surface area contributed by atoms with Gasteiger partial charge in [-0.3, -0.25) is 4.79 Å². The maximum Gasteiger partial charge on any atom is 0.160 e. The van der Waals surface area contributed by atoms with Crippen LogP contribution in [0.15, 0.2) is 18.2 Å². The Bertz CT molecular complexity index is 336. The third kappa shape index (κ3) is 1.37. The van der Waals surface area contributed by atoms with Gasteiger partial charge >= 0.3 is 0 Å². The summed E-state index contributed by atoms with van der Waals surface area (Å²) in [6, 6.07) is 5.84. The van der Waals surface area contributed by atoms with Gasteiger partial charge in [0.1, 0.15) is 5.75 Å². The van der Waals surface area contributed by atoms with Crippen LogP contribution in [0, 0.1) is 0 Å². The number of anilines is 1. The van der Waals surface area contributed by atoms with E-state index >= 15 is 0 Å². The molecule has 0 saturated carbocycles. The topological polar surface area (TPSA) is 38.3 Å². The van der Waals surface area contributed by atoms with Crippen LogP contribution in [0.25, 0.3) is 0 Å². The van der Waals surface area contributed by atoms with E-state index in [1.165, 1.54) is 0 Å². The zero-order valence-corrected chi connectivity index (χ0v) is 7.41. The number of aldehydes is 1. The molecule has 0 spiro atoms. The van der Waals surface area contributed by atoms with Gasteiger partial charge in [0.15, 0.2) is 12.4 Å². The highest BCUT2D eigenvalue weighted by atomic mass is 16.5. The SMILES string of the molecule is CNc1ccc2c(c1)CC(C=O)O2. The summed E-state index contributed by atoms with van der Waals surface area (Å²) in [4.78, 5) is 10.5. The van der Waals surface area contributed by atoms with Crippen molar-refractivity contribution in [3.63, 3.8) is 0 Å². The molecule has 1 heterocycles. The van der Waals surface area contributed by atoms with Crippen molar-refractivity contribution in [1.82, 2.24) is 0 Å². The van der Waals surface area contributed by atoms with Crippen LogP contribution >= 0.6 is 0 Å². The van der Waals surface area contributed by atoms with Crippen LogP contribution in [0.1, 0.15) is 5.56 Å². The lowest BCUT2D eigenvalue weighted by molar-refractivity contribution is -0.113. The first-order valence-corrected chi connectivity index (χ1v) is 4.26. The molecule has 0 fully saturated rings. The Morgan fingerprint density at radius 1 is 1.62 bits per heavy atom. The summed E-state index contributed by atoms with van der Waals surface area (Å²) in [7, 11) is 1.87. The zero-order chi connectivity index (χ0) is 9.26. The summed E-state index contributed by atoms with van der Waals surface area (Å²) in [5.74, 6) is 0.830. The van der Waals surface area contributed by atoms with E-state index in [0.29, 0.717) is 6.42 Å². The standard InChI is InChI=1S/C10H11NO2/c1-11-8-2-3-10-7(4-8)5-9(6-12)13-10/h2-4,6,9,11H,5H2,1H3. The molecular formula is C10H11NO2. The predicted octanol–water partition coefficient (Wildman–Crippen LogP) is 1.23. The fraction of sp³-hybridized carbons (Fsp3) is 0.300. The number of fused-ring (bicyclic) bond motifs is 1. The van der Waals surface area contributed by atoms with E-state index < -0.39 is 0 Å². The number of benzene rings is 1. The lowest BCUT2D eigenvalue weighted by Gasteiger charge is -2.02. The molecule has 3 heteroatoms. The Hall–Kier alpha value is -1.51. The average Bonchev–Trinajstić information content (AvgIpc) is 2.58. The van der Waals surface area contributed by atoms with Gasteiger partial charge in [0, 0.05) is 24.7 Å². The lowest BCUT2D eigenvalue weighted by Crippen LogP contribution is -2.13. The molecule has 1 aliphatic heterocycles. The molecular weight excluding hydrogens is 166 g/mol. The maximum atomic E-state index is 10.5. The van der Waals surface area contributed by atoms with Gasteiger partial charge in [-0.15, -0.1) is 0 Å². The number of hydrogen-bond acceptors (Lipinski definition) is 3. The second-order valence-electron chi connectivity index (χ2n) is 3.07. The van der Waals surface area contributed by atoms with Crippen molar-refractivity contribution < 1.29 is 9.53 Å². The Morgan fingerprint density at radius 3 is 3.15 bits per heavy atom. The van der Waals surface area contributed by atoms with E-state index in [4.69, 9.17) is 4.74 Å². The van der Waals surface area contributed by atoms with Crippen molar-refractivity contribution >= 4 is 12.0 Å². The highest BCUT2D eigenvalue weighted by molar-refractivity contribution is 5.62. The van der Waals surface area contributed by atoms with Gasteiger partial charge in [-0.05, 0) is 18.2 Å². The van der Waals surface area contributed by atoms with E-state index in [9.17, 15) is 4.79 Å². The summed E-state index contributed by atoms with van der Waals surface area (Å²) in [5.41, 5.74) is 2.15. The van der Waals surface area contributed by atoms with Crippen molar-refractivity contribution in [3.05, 3.63) is 23.8 Å². The number of carbonyl (C=O) groups is 1. The smallest absolute Gasteiger partial charge is 0.160 e. The number of carbonyl (C=O) groups excluding carboxylic acids is 1. The van der Waals surface area contributed by atoms with Crippen molar-refractivity contribution in [2.45, 2.75) is 12.5 Å². The lowest BCUT2D eigenvalue weighted by atomic mass is 10.1. The first-order valence-electron chi connectivity index (χ1n) is 4.26. The van der Waals surface area contributed by atoms with Crippen molar-refractivity contribution in [2.75, 3.05) is 12.4 Å². The van der Waals surface area contributed by atoms with E-state index in [1.807, 2.05) is 25.2 Å². The minimum Gasteiger partial charge on any atom is -0.482 e. The molecule has 0 aromatic heterocycles. The van der Waals surface area contributed by atoms with Crippen LogP contribution in [0.4, 0.5) is 5.69 Å². The zero-order valence-electron chi connectivity index (χ0n) is 7.41. The minimum absolute atomic E-state index is 0.290. The highest BCUT2D eigenvalue weighted by Crippen LogP contribution is 2.30. The van der Waals surface area contributed by atoms with Gasteiger partial charge in [-0.1, -0.05) is 0 Å². The van der Waals surface area contributed by atoms with E-state index in [0.717, 1.165) is 23.3 Å². The second-order valence-corrected chi connectivity index (χ2v) is 3.07. The highest BCUT2D eigenvalue weighted by Gasteiger charge is 2.21. The first kappa shape index (κ1) is 8.10. The summed E-state index contributed by atoms with van der Waals surface area (Å²) in [6.07, 6.45) is 1.25. The quantitative estimate of drug-likeness (QED) is 0.690. The van der Waals surface area contributed by atoms with Gasteiger partial charge < -0.3 is 10.1 Å². The predicted molar refractivity (Wildman–Crippen MR) is 50.2 cm³/mol. The second kappa shape index (κ2) is 3.09. The molecule has 1 unspecified atom stereocenters. The summed E-state index contributed by atoms with van der Waals surface area (Å²) >= 11 is 0. The van der Waals surface area contributed by atoms with Gasteiger partial charge in [0.2, 0.25) is 0 Å². The average molecular weight is 177 g/mol. The summed E-state index contributed by atoms with van der Waals surface area (Å²) in [5, 5.41) is 3.05. The van der Waals surface area contributed by atoms with E-state index in [1.54, 1.807) is 0 Å². The van der Waals surface area contributed by atoms with Crippen molar-refractivity contribution in [3.8, 4) is 5.75 Å². The van der Waals surface area contributed by atoms with Gasteiger partial charge in [-0.25, -0.2) is 0 Å². The first-order chi connectivity index (χ1) is 6.33. The van der Waals surface area contributed by atoms with Crippen LogP contribution < -0.4 is 10.1 Å². The van der Waals surface area contributed by atoms with Crippen molar-refractivity contribution in [2.24, 2.45) is 0 Å². The number of ether oxygens (including phenoxy) is 1. The van der Waals surface area contributed by atoms with E-state index in [2.05, 4.69) is 5.32 Å². The third-order valence-electron chi connectivity index (χ3n) is 2.20. The van der Waals surface area contributed by atoms with Gasteiger partial charge in [0.25, 0.3) is 0 Å². The molecule has 68 valence electrons. The third-order valence-corrected chi connectivity index (χ3v) is 2.20. The largest absolute Gasteiger partial charge is 0.482 e. The van der Waals surface area contributed by atoms with Crippen LogP contribution in [0.3, 0.4) is 0 Å². The molecule has 1 aliphatic rings. The van der Waals surface area contributed by atoms with Crippen LogP contribution in [-0.4, -0.2) is 19.4 Å². The molecule has 3 nitrogen and oxygen atoms in total. The number of hydrogen-bond donors (Lipinski definition) is 1. The molecule has 13 heavy (non-hydrogen) atoms. The fourth-order valence-electron chi connectivity index (χ4n) is 1.51. The molecule has 1 aromatic carbocycles. The molecule has 2 rings (SSSR count). The molecule has 0 amide bonds. The number of rotatable bonds is 2. The molecule has 1 N–H and O–H groups in total. The number of nitrogens with one attached hydrogen (secondary N) is 1.